The van der Waals surface area contributed by atoms with Crippen LogP contribution in [0.5, 0.6) is 0 Å². The molecule has 1 heterocycles. The Hall–Kier alpha value is -1.62. The molecule has 0 spiro atoms. The zero-order valence-electron chi connectivity index (χ0n) is 10.5. The molecule has 8 heteroatoms. The number of halogens is 1. The van der Waals surface area contributed by atoms with Crippen LogP contribution in [0.2, 0.25) is 5.02 Å². The van der Waals surface area contributed by atoms with Gasteiger partial charge in [0, 0.05) is 26.1 Å². The van der Waals surface area contributed by atoms with Gasteiger partial charge in [0.15, 0.2) is 0 Å². The van der Waals surface area contributed by atoms with Crippen LogP contribution >= 0.6 is 11.6 Å². The van der Waals surface area contributed by atoms with Gasteiger partial charge in [0.25, 0.3) is 0 Å². The number of sulfonamides is 1. The number of hydrogen-bond donors (Lipinski definition) is 1. The first kappa shape index (κ1) is 14.8. The number of nitriles is 1. The van der Waals surface area contributed by atoms with Crippen LogP contribution in [0, 0.1) is 11.3 Å². The van der Waals surface area contributed by atoms with Crippen LogP contribution in [-0.2, 0) is 14.8 Å². The smallest absolute Gasteiger partial charge is 0.243 e. The van der Waals surface area contributed by atoms with Crippen LogP contribution in [0.4, 0.5) is 0 Å². The average molecular weight is 314 g/mol. The third kappa shape index (κ3) is 2.93. The van der Waals surface area contributed by atoms with E-state index in [-0.39, 0.29) is 47.4 Å². The molecule has 106 valence electrons. The van der Waals surface area contributed by atoms with Crippen molar-refractivity contribution in [3.8, 4) is 6.07 Å². The second kappa shape index (κ2) is 5.79. The van der Waals surface area contributed by atoms with E-state index in [0.717, 1.165) is 0 Å². The van der Waals surface area contributed by atoms with Gasteiger partial charge in [-0.1, -0.05) is 11.6 Å². The highest BCUT2D eigenvalue weighted by Crippen LogP contribution is 2.23. The maximum atomic E-state index is 12.4. The summed E-state index contributed by atoms with van der Waals surface area (Å²) in [6, 6.07) is 5.85. The molecule has 1 fully saturated rings. The Labute approximate surface area is 122 Å². The summed E-state index contributed by atoms with van der Waals surface area (Å²) in [5.74, 6) is -0.166. The van der Waals surface area contributed by atoms with Gasteiger partial charge in [-0.2, -0.15) is 9.57 Å². The Morgan fingerprint density at radius 3 is 2.75 bits per heavy atom. The van der Waals surface area contributed by atoms with Crippen molar-refractivity contribution in [3.05, 3.63) is 28.8 Å². The van der Waals surface area contributed by atoms with Gasteiger partial charge in [-0.15, -0.1) is 0 Å². The van der Waals surface area contributed by atoms with Crippen molar-refractivity contribution >= 4 is 27.5 Å². The summed E-state index contributed by atoms with van der Waals surface area (Å²) in [5, 5.41) is 11.5. The number of benzene rings is 1. The molecule has 1 aromatic rings. The zero-order valence-corrected chi connectivity index (χ0v) is 12.0. The molecule has 1 aliphatic heterocycles. The lowest BCUT2D eigenvalue weighted by Gasteiger charge is -2.19. The SMILES string of the molecule is N#Cc1ccc(S(=O)(=O)N2CCNC(=O)CC2)cc1Cl. The van der Waals surface area contributed by atoms with Crippen LogP contribution in [-0.4, -0.2) is 38.3 Å². The Morgan fingerprint density at radius 2 is 2.10 bits per heavy atom. The monoisotopic (exact) mass is 313 g/mol. The second-order valence-corrected chi connectivity index (χ2v) is 6.60. The maximum absolute atomic E-state index is 12.4. The van der Waals surface area contributed by atoms with Crippen LogP contribution in [0.15, 0.2) is 23.1 Å². The lowest BCUT2D eigenvalue weighted by Crippen LogP contribution is -2.34. The van der Waals surface area contributed by atoms with E-state index in [1.165, 1.54) is 22.5 Å². The third-order valence-electron chi connectivity index (χ3n) is 2.97. The van der Waals surface area contributed by atoms with Gasteiger partial charge in [0.2, 0.25) is 15.9 Å². The molecule has 0 radical (unpaired) electrons. The zero-order chi connectivity index (χ0) is 14.8. The number of carbonyl (C=O) groups is 1. The number of nitrogens with zero attached hydrogens (tertiary/aromatic N) is 2. The molecule has 1 amide bonds. The van der Waals surface area contributed by atoms with Crippen LogP contribution in [0.25, 0.3) is 0 Å². The van der Waals surface area contributed by atoms with E-state index in [9.17, 15) is 13.2 Å². The Kier molecular flexibility index (Phi) is 4.28. The fourth-order valence-corrected chi connectivity index (χ4v) is 3.64. The van der Waals surface area contributed by atoms with E-state index in [4.69, 9.17) is 16.9 Å². The summed E-state index contributed by atoms with van der Waals surface area (Å²) >= 11 is 5.86. The number of carbonyl (C=O) groups excluding carboxylic acids is 1. The molecule has 1 aromatic carbocycles. The minimum atomic E-state index is -3.71. The Morgan fingerprint density at radius 1 is 1.35 bits per heavy atom. The van der Waals surface area contributed by atoms with Crippen molar-refractivity contribution < 1.29 is 13.2 Å². The van der Waals surface area contributed by atoms with E-state index >= 15 is 0 Å². The molecule has 6 nitrogen and oxygen atoms in total. The summed E-state index contributed by atoms with van der Waals surface area (Å²) in [6.07, 6.45) is 0.128. The molecule has 1 aliphatic rings. The van der Waals surface area contributed by atoms with Crippen molar-refractivity contribution in [2.75, 3.05) is 19.6 Å². The second-order valence-electron chi connectivity index (χ2n) is 4.26. The van der Waals surface area contributed by atoms with E-state index in [0.29, 0.717) is 0 Å². The fourth-order valence-electron chi connectivity index (χ4n) is 1.88. The molecule has 0 unspecified atom stereocenters. The van der Waals surface area contributed by atoms with Crippen molar-refractivity contribution in [2.45, 2.75) is 11.3 Å². The molecule has 0 aliphatic carbocycles. The van der Waals surface area contributed by atoms with E-state index in [1.54, 1.807) is 0 Å². The maximum Gasteiger partial charge on any atom is 0.243 e. The van der Waals surface area contributed by atoms with Crippen LogP contribution in [0.3, 0.4) is 0 Å². The molecule has 0 aromatic heterocycles. The summed E-state index contributed by atoms with van der Waals surface area (Å²) in [6.45, 7) is 0.625. The van der Waals surface area contributed by atoms with Gasteiger partial charge < -0.3 is 5.32 Å². The quantitative estimate of drug-likeness (QED) is 0.871. The number of nitrogens with one attached hydrogen (secondary N) is 1. The number of amides is 1. The summed E-state index contributed by atoms with van der Waals surface area (Å²) in [7, 11) is -3.71. The summed E-state index contributed by atoms with van der Waals surface area (Å²) in [4.78, 5) is 11.3. The molecular formula is C12H12ClN3O3S. The first-order chi connectivity index (χ1) is 9.45. The number of hydrogen-bond acceptors (Lipinski definition) is 4. The van der Waals surface area contributed by atoms with Crippen LogP contribution < -0.4 is 5.32 Å². The third-order valence-corrected chi connectivity index (χ3v) is 5.18. The molecule has 2 rings (SSSR count). The van der Waals surface area contributed by atoms with Crippen LogP contribution in [0.1, 0.15) is 12.0 Å². The van der Waals surface area contributed by atoms with Gasteiger partial charge in [-0.05, 0) is 18.2 Å². The predicted molar refractivity (Wildman–Crippen MR) is 72.6 cm³/mol. The first-order valence-electron chi connectivity index (χ1n) is 5.91. The topological polar surface area (TPSA) is 90.3 Å². The summed E-state index contributed by atoms with van der Waals surface area (Å²) < 4.78 is 26.1. The van der Waals surface area contributed by atoms with Crippen molar-refractivity contribution in [2.24, 2.45) is 0 Å². The lowest BCUT2D eigenvalue weighted by atomic mass is 10.2. The minimum absolute atomic E-state index is 0.0239. The minimum Gasteiger partial charge on any atom is -0.355 e. The molecule has 0 bridgehead atoms. The lowest BCUT2D eigenvalue weighted by molar-refractivity contribution is -0.120. The van der Waals surface area contributed by atoms with Gasteiger partial charge in [0.1, 0.15) is 6.07 Å². The van der Waals surface area contributed by atoms with Gasteiger partial charge in [0.05, 0.1) is 15.5 Å². The highest BCUT2D eigenvalue weighted by Gasteiger charge is 2.27. The first-order valence-corrected chi connectivity index (χ1v) is 7.73. The summed E-state index contributed by atoms with van der Waals surface area (Å²) in [5.41, 5.74) is 0.221. The van der Waals surface area contributed by atoms with E-state index in [2.05, 4.69) is 5.32 Å². The molecule has 0 atom stereocenters. The normalized spacial score (nSPS) is 17.1. The highest BCUT2D eigenvalue weighted by molar-refractivity contribution is 7.89. The van der Waals surface area contributed by atoms with Crippen molar-refractivity contribution in [1.82, 2.24) is 9.62 Å². The molecule has 0 saturated carbocycles. The standard InChI is InChI=1S/C12H12ClN3O3S/c13-11-7-10(2-1-9(11)8-14)20(18,19)16-5-3-12(17)15-4-6-16/h1-2,7H,3-6H2,(H,15,17). The largest absolute Gasteiger partial charge is 0.355 e. The predicted octanol–water partition coefficient (Wildman–Crippen LogP) is 0.722. The number of rotatable bonds is 2. The van der Waals surface area contributed by atoms with Gasteiger partial charge in [-0.25, -0.2) is 8.42 Å². The van der Waals surface area contributed by atoms with Gasteiger partial charge in [-0.3, -0.25) is 4.79 Å². The van der Waals surface area contributed by atoms with E-state index in [1.807, 2.05) is 6.07 Å². The van der Waals surface area contributed by atoms with Gasteiger partial charge >= 0.3 is 0 Å². The van der Waals surface area contributed by atoms with Crippen molar-refractivity contribution in [3.63, 3.8) is 0 Å². The molecule has 20 heavy (non-hydrogen) atoms. The Balaban J connectivity index is 2.32. The molecule has 1 N–H and O–H groups in total. The molecular weight excluding hydrogens is 302 g/mol. The van der Waals surface area contributed by atoms with E-state index < -0.39 is 10.0 Å². The average Bonchev–Trinajstić information content (AvgIpc) is 2.63. The van der Waals surface area contributed by atoms with Crippen molar-refractivity contribution in [1.29, 1.82) is 5.26 Å². The highest BCUT2D eigenvalue weighted by atomic mass is 35.5. The fraction of sp³-hybridized carbons (Fsp3) is 0.333. The molecule has 1 saturated heterocycles. The Bertz CT molecular complexity index is 682.